The molecule has 0 saturated carbocycles. The maximum absolute atomic E-state index is 11.3. The third-order valence-electron chi connectivity index (χ3n) is 2.77. The van der Waals surface area contributed by atoms with Gasteiger partial charge in [-0.05, 0) is 38.1 Å². The molecule has 1 aliphatic heterocycles. The smallest absolute Gasteiger partial charge is 0.409 e. The topological polar surface area (TPSA) is 55.6 Å². The van der Waals surface area contributed by atoms with Crippen LogP contribution in [0.25, 0.3) is 0 Å². The van der Waals surface area contributed by atoms with Crippen molar-refractivity contribution in [1.82, 2.24) is 4.90 Å². The highest BCUT2D eigenvalue weighted by atomic mass is 16.5. The van der Waals surface area contributed by atoms with Crippen LogP contribution in [0.4, 0.5) is 4.79 Å². The largest absolute Gasteiger partial charge is 0.453 e. The van der Waals surface area contributed by atoms with Gasteiger partial charge < -0.3 is 15.4 Å². The number of methoxy groups -OCH3 is 1. The van der Waals surface area contributed by atoms with Crippen molar-refractivity contribution in [3.63, 3.8) is 0 Å². The zero-order valence-electron chi connectivity index (χ0n) is 8.87. The average molecular weight is 200 g/mol. The van der Waals surface area contributed by atoms with Crippen molar-refractivity contribution in [2.75, 3.05) is 26.7 Å². The molecule has 0 bridgehead atoms. The summed E-state index contributed by atoms with van der Waals surface area (Å²) in [4.78, 5) is 13.1. The van der Waals surface area contributed by atoms with Crippen molar-refractivity contribution in [3.05, 3.63) is 0 Å². The lowest BCUT2D eigenvalue weighted by atomic mass is 9.94. The quantitative estimate of drug-likeness (QED) is 0.745. The van der Waals surface area contributed by atoms with E-state index in [1.165, 1.54) is 13.5 Å². The molecule has 82 valence electrons. The molecule has 1 rings (SSSR count). The van der Waals surface area contributed by atoms with E-state index in [4.69, 9.17) is 10.5 Å². The number of hydrogen-bond acceptors (Lipinski definition) is 3. The van der Waals surface area contributed by atoms with E-state index in [0.717, 1.165) is 38.9 Å². The fourth-order valence-corrected chi connectivity index (χ4v) is 2.00. The summed E-state index contributed by atoms with van der Waals surface area (Å²) in [5.74, 6) is 0.617. The third-order valence-corrected chi connectivity index (χ3v) is 2.77. The van der Waals surface area contributed by atoms with Gasteiger partial charge >= 0.3 is 6.09 Å². The Balaban J connectivity index is 2.31. The average Bonchev–Trinajstić information content (AvgIpc) is 2.25. The molecule has 0 aromatic heterocycles. The Morgan fingerprint density at radius 3 is 3.07 bits per heavy atom. The summed E-state index contributed by atoms with van der Waals surface area (Å²) >= 11 is 0. The predicted molar refractivity (Wildman–Crippen MR) is 55.0 cm³/mol. The predicted octanol–water partition coefficient (Wildman–Crippen LogP) is 1.20. The van der Waals surface area contributed by atoms with Crippen LogP contribution < -0.4 is 5.73 Å². The van der Waals surface area contributed by atoms with E-state index in [9.17, 15) is 4.79 Å². The highest BCUT2D eigenvalue weighted by molar-refractivity contribution is 5.67. The van der Waals surface area contributed by atoms with Crippen molar-refractivity contribution in [3.8, 4) is 0 Å². The molecule has 4 nitrogen and oxygen atoms in total. The minimum atomic E-state index is -0.192. The minimum absolute atomic E-state index is 0.192. The van der Waals surface area contributed by atoms with E-state index in [-0.39, 0.29) is 6.09 Å². The van der Waals surface area contributed by atoms with E-state index in [2.05, 4.69) is 0 Å². The third kappa shape index (κ3) is 3.18. The molecule has 1 amide bonds. The fourth-order valence-electron chi connectivity index (χ4n) is 2.00. The van der Waals surface area contributed by atoms with Gasteiger partial charge in [0.15, 0.2) is 0 Å². The standard InChI is InChI=1S/C10H20N2O2/c1-14-10(13)12-7-3-5-9(8-12)4-2-6-11/h9H,2-8,11H2,1H3. The SMILES string of the molecule is COC(=O)N1CCCC(CCCN)C1. The molecule has 1 atom stereocenters. The highest BCUT2D eigenvalue weighted by Crippen LogP contribution is 2.20. The molecule has 4 heteroatoms. The summed E-state index contributed by atoms with van der Waals surface area (Å²) in [6.45, 7) is 2.42. The van der Waals surface area contributed by atoms with Gasteiger partial charge in [0.25, 0.3) is 0 Å². The van der Waals surface area contributed by atoms with Crippen LogP contribution in [0.15, 0.2) is 0 Å². The fraction of sp³-hybridized carbons (Fsp3) is 0.900. The first-order chi connectivity index (χ1) is 6.77. The first kappa shape index (κ1) is 11.3. The Bertz CT molecular complexity index is 185. The molecule has 1 saturated heterocycles. The van der Waals surface area contributed by atoms with Crippen LogP contribution in [-0.4, -0.2) is 37.7 Å². The van der Waals surface area contributed by atoms with Gasteiger partial charge in [0, 0.05) is 13.1 Å². The Morgan fingerprint density at radius 1 is 1.64 bits per heavy atom. The molecule has 1 fully saturated rings. The number of hydrogen-bond donors (Lipinski definition) is 1. The molecule has 0 aromatic carbocycles. The molecule has 2 N–H and O–H groups in total. The van der Waals surface area contributed by atoms with Crippen molar-refractivity contribution in [1.29, 1.82) is 0 Å². The maximum Gasteiger partial charge on any atom is 0.409 e. The van der Waals surface area contributed by atoms with E-state index < -0.39 is 0 Å². The van der Waals surface area contributed by atoms with Crippen LogP contribution in [0.5, 0.6) is 0 Å². The Morgan fingerprint density at radius 2 is 2.43 bits per heavy atom. The van der Waals surface area contributed by atoms with E-state index in [0.29, 0.717) is 5.92 Å². The second kappa shape index (κ2) is 5.86. The molecule has 1 aliphatic rings. The summed E-state index contributed by atoms with van der Waals surface area (Å²) in [6, 6.07) is 0. The molecule has 0 aromatic rings. The number of ether oxygens (including phenoxy) is 1. The summed E-state index contributed by atoms with van der Waals surface area (Å²) < 4.78 is 4.70. The van der Waals surface area contributed by atoms with Gasteiger partial charge in [0.2, 0.25) is 0 Å². The van der Waals surface area contributed by atoms with Crippen molar-refractivity contribution < 1.29 is 9.53 Å². The number of nitrogens with zero attached hydrogens (tertiary/aromatic N) is 1. The first-order valence-electron chi connectivity index (χ1n) is 5.31. The minimum Gasteiger partial charge on any atom is -0.453 e. The molecule has 0 spiro atoms. The molecule has 0 radical (unpaired) electrons. The lowest BCUT2D eigenvalue weighted by Crippen LogP contribution is -2.39. The second-order valence-corrected chi connectivity index (χ2v) is 3.86. The van der Waals surface area contributed by atoms with Crippen molar-refractivity contribution >= 4 is 6.09 Å². The lowest BCUT2D eigenvalue weighted by Gasteiger charge is -2.31. The molecular formula is C10H20N2O2. The normalized spacial score (nSPS) is 22.1. The summed E-state index contributed by atoms with van der Waals surface area (Å²) in [5.41, 5.74) is 5.46. The Kier molecular flexibility index (Phi) is 4.73. The number of carbonyl (C=O) groups is 1. The van der Waals surface area contributed by atoms with Gasteiger partial charge in [-0.2, -0.15) is 0 Å². The van der Waals surface area contributed by atoms with Gasteiger partial charge in [-0.15, -0.1) is 0 Å². The number of rotatable bonds is 3. The second-order valence-electron chi connectivity index (χ2n) is 3.86. The number of carbonyl (C=O) groups excluding carboxylic acids is 1. The van der Waals surface area contributed by atoms with Crippen LogP contribution in [0.2, 0.25) is 0 Å². The molecule has 14 heavy (non-hydrogen) atoms. The van der Waals surface area contributed by atoms with Crippen molar-refractivity contribution in [2.24, 2.45) is 11.7 Å². The van der Waals surface area contributed by atoms with Gasteiger partial charge in [0.05, 0.1) is 7.11 Å². The van der Waals surface area contributed by atoms with Crippen LogP contribution in [-0.2, 0) is 4.74 Å². The number of likely N-dealkylation sites (tertiary alicyclic amines) is 1. The van der Waals surface area contributed by atoms with Crippen LogP contribution in [0.3, 0.4) is 0 Å². The Labute approximate surface area is 85.4 Å². The summed E-state index contributed by atoms with van der Waals surface area (Å²) in [6.07, 6.45) is 4.30. The number of piperidine rings is 1. The first-order valence-corrected chi connectivity index (χ1v) is 5.31. The highest BCUT2D eigenvalue weighted by Gasteiger charge is 2.23. The molecule has 1 unspecified atom stereocenters. The zero-order chi connectivity index (χ0) is 10.4. The lowest BCUT2D eigenvalue weighted by molar-refractivity contribution is 0.100. The van der Waals surface area contributed by atoms with Gasteiger partial charge in [-0.3, -0.25) is 0 Å². The zero-order valence-corrected chi connectivity index (χ0v) is 8.87. The molecule has 0 aliphatic carbocycles. The van der Waals surface area contributed by atoms with E-state index in [1.54, 1.807) is 4.90 Å². The molecular weight excluding hydrogens is 180 g/mol. The number of nitrogens with two attached hydrogens (primary N) is 1. The summed E-state index contributed by atoms with van der Waals surface area (Å²) in [5, 5.41) is 0. The number of amides is 1. The van der Waals surface area contributed by atoms with Gasteiger partial charge in [-0.25, -0.2) is 4.79 Å². The van der Waals surface area contributed by atoms with Gasteiger partial charge in [0.1, 0.15) is 0 Å². The van der Waals surface area contributed by atoms with E-state index in [1.807, 2.05) is 0 Å². The van der Waals surface area contributed by atoms with Crippen LogP contribution in [0, 0.1) is 5.92 Å². The maximum atomic E-state index is 11.3. The molecule has 1 heterocycles. The van der Waals surface area contributed by atoms with Gasteiger partial charge in [-0.1, -0.05) is 0 Å². The summed E-state index contributed by atoms with van der Waals surface area (Å²) in [7, 11) is 1.44. The van der Waals surface area contributed by atoms with E-state index >= 15 is 0 Å². The van der Waals surface area contributed by atoms with Crippen molar-refractivity contribution in [2.45, 2.75) is 25.7 Å². The van der Waals surface area contributed by atoms with Crippen LogP contribution in [0.1, 0.15) is 25.7 Å². The van der Waals surface area contributed by atoms with Crippen LogP contribution >= 0.6 is 0 Å². The Hall–Kier alpha value is -0.770. The monoisotopic (exact) mass is 200 g/mol.